The van der Waals surface area contributed by atoms with Crippen molar-refractivity contribution in [2.24, 2.45) is 5.92 Å². The smallest absolute Gasteiger partial charge is 0.348 e. The van der Waals surface area contributed by atoms with Crippen molar-refractivity contribution in [3.8, 4) is 5.75 Å². The minimum Gasteiger partial charge on any atom is -0.482 e. The van der Waals surface area contributed by atoms with Gasteiger partial charge in [0.2, 0.25) is 0 Å². The highest BCUT2D eigenvalue weighted by Gasteiger charge is 2.22. The molecule has 27 heavy (non-hydrogen) atoms. The lowest BCUT2D eigenvalue weighted by molar-refractivity contribution is -0.118. The summed E-state index contributed by atoms with van der Waals surface area (Å²) < 4.78 is 10.5. The van der Waals surface area contributed by atoms with E-state index in [0.29, 0.717) is 27.8 Å². The Hall–Kier alpha value is -2.67. The van der Waals surface area contributed by atoms with Gasteiger partial charge < -0.3 is 14.8 Å². The molecule has 0 unspecified atom stereocenters. The van der Waals surface area contributed by atoms with Gasteiger partial charge in [0.1, 0.15) is 10.6 Å². The van der Waals surface area contributed by atoms with Gasteiger partial charge in [-0.15, -0.1) is 11.3 Å². The first-order valence-corrected chi connectivity index (χ1v) is 9.70. The van der Waals surface area contributed by atoms with E-state index >= 15 is 0 Å². The lowest BCUT2D eigenvalue weighted by Crippen LogP contribution is -2.25. The van der Waals surface area contributed by atoms with E-state index in [-0.39, 0.29) is 24.9 Å². The van der Waals surface area contributed by atoms with Crippen LogP contribution in [-0.4, -0.2) is 30.9 Å². The molecule has 1 aliphatic heterocycles. The molecule has 1 aliphatic carbocycles. The first kappa shape index (κ1) is 17.7. The number of amides is 1. The van der Waals surface area contributed by atoms with Crippen LogP contribution in [0.4, 0.5) is 5.69 Å². The Balaban J connectivity index is 1.40. The SMILES string of the molecule is C[C@H]1CCc2sc(C(=O)OCC(=O)c3ccc4c(c3)NC(=O)CO4)cc2C1. The molecular formula is C20H19NO5S. The zero-order valence-electron chi connectivity index (χ0n) is 14.9. The number of Topliss-reactive ketones (excluding diaryl/α,β-unsaturated/α-hetero) is 1. The number of nitrogens with one attached hydrogen (secondary N) is 1. The van der Waals surface area contributed by atoms with Gasteiger partial charge in [0.15, 0.2) is 19.0 Å². The third-order valence-corrected chi connectivity index (χ3v) is 6.02. The molecule has 0 bridgehead atoms. The second-order valence-electron chi connectivity index (χ2n) is 6.95. The molecule has 2 aliphatic rings. The standard InChI is InChI=1S/C20H19NO5S/c1-11-2-5-17-13(6-11)8-18(27-17)20(24)26-9-15(22)12-3-4-16-14(7-12)21-19(23)10-25-16/h3-4,7-8,11H,2,5-6,9-10H2,1H3,(H,21,23)/t11-/m0/s1. The molecule has 7 heteroatoms. The molecule has 1 N–H and O–H groups in total. The third kappa shape index (κ3) is 3.73. The van der Waals surface area contributed by atoms with E-state index in [1.54, 1.807) is 12.1 Å². The lowest BCUT2D eigenvalue weighted by atomic mass is 9.90. The summed E-state index contributed by atoms with van der Waals surface area (Å²) in [5, 5.41) is 2.65. The van der Waals surface area contributed by atoms with Crippen molar-refractivity contribution in [1.82, 2.24) is 0 Å². The van der Waals surface area contributed by atoms with Crippen molar-refractivity contribution in [2.75, 3.05) is 18.5 Å². The highest BCUT2D eigenvalue weighted by Crippen LogP contribution is 2.32. The van der Waals surface area contributed by atoms with E-state index in [1.807, 2.05) is 6.07 Å². The molecule has 1 aromatic heterocycles. The van der Waals surface area contributed by atoms with Gasteiger partial charge in [0, 0.05) is 10.4 Å². The van der Waals surface area contributed by atoms with Crippen molar-refractivity contribution in [3.05, 3.63) is 45.1 Å². The summed E-state index contributed by atoms with van der Waals surface area (Å²) >= 11 is 1.46. The molecule has 0 saturated heterocycles. The number of esters is 1. The van der Waals surface area contributed by atoms with E-state index < -0.39 is 5.97 Å². The highest BCUT2D eigenvalue weighted by atomic mass is 32.1. The number of hydrogen-bond donors (Lipinski definition) is 1. The van der Waals surface area contributed by atoms with Crippen molar-refractivity contribution in [1.29, 1.82) is 0 Å². The summed E-state index contributed by atoms with van der Waals surface area (Å²) in [7, 11) is 0. The number of fused-ring (bicyclic) bond motifs is 2. The minimum absolute atomic E-state index is 0.0402. The molecule has 0 spiro atoms. The maximum absolute atomic E-state index is 12.4. The zero-order valence-corrected chi connectivity index (χ0v) is 15.7. The average molecular weight is 385 g/mol. The van der Waals surface area contributed by atoms with Crippen LogP contribution in [0.15, 0.2) is 24.3 Å². The molecule has 0 fully saturated rings. The summed E-state index contributed by atoms with van der Waals surface area (Å²) in [6.07, 6.45) is 3.12. The second kappa shape index (κ2) is 7.15. The Morgan fingerprint density at radius 3 is 3.04 bits per heavy atom. The van der Waals surface area contributed by atoms with E-state index in [4.69, 9.17) is 9.47 Å². The molecule has 1 amide bonds. The molecule has 0 radical (unpaired) electrons. The van der Waals surface area contributed by atoms with Crippen molar-refractivity contribution in [2.45, 2.75) is 26.2 Å². The summed E-state index contributed by atoms with van der Waals surface area (Å²) in [4.78, 5) is 37.9. The van der Waals surface area contributed by atoms with Crippen LogP contribution in [0.2, 0.25) is 0 Å². The number of carbonyl (C=O) groups is 3. The van der Waals surface area contributed by atoms with Gasteiger partial charge in [0.25, 0.3) is 5.91 Å². The van der Waals surface area contributed by atoms with Crippen LogP contribution >= 0.6 is 11.3 Å². The van der Waals surface area contributed by atoms with Crippen molar-refractivity contribution >= 4 is 34.7 Å². The lowest BCUT2D eigenvalue weighted by Gasteiger charge is -2.18. The summed E-state index contributed by atoms with van der Waals surface area (Å²) in [5.41, 5.74) is 2.03. The summed E-state index contributed by atoms with van der Waals surface area (Å²) in [6.45, 7) is 1.83. The zero-order chi connectivity index (χ0) is 19.0. The first-order valence-electron chi connectivity index (χ1n) is 8.88. The van der Waals surface area contributed by atoms with Gasteiger partial charge >= 0.3 is 5.97 Å². The van der Waals surface area contributed by atoms with Gasteiger partial charge in [-0.2, -0.15) is 0 Å². The maximum atomic E-state index is 12.4. The van der Waals surface area contributed by atoms with Gasteiger partial charge in [-0.05, 0) is 55.0 Å². The fourth-order valence-corrected chi connectivity index (χ4v) is 4.45. The van der Waals surface area contributed by atoms with E-state index in [9.17, 15) is 14.4 Å². The summed E-state index contributed by atoms with van der Waals surface area (Å²) in [5.74, 6) is 0.0768. The Morgan fingerprint density at radius 2 is 2.19 bits per heavy atom. The molecule has 1 aromatic carbocycles. The monoisotopic (exact) mass is 385 g/mol. The number of ether oxygens (including phenoxy) is 2. The van der Waals surface area contributed by atoms with Crippen LogP contribution in [0.25, 0.3) is 0 Å². The number of rotatable bonds is 4. The predicted octanol–water partition coefficient (Wildman–Crippen LogP) is 3.24. The number of hydrogen-bond acceptors (Lipinski definition) is 6. The average Bonchev–Trinajstić information content (AvgIpc) is 3.08. The first-order chi connectivity index (χ1) is 13.0. The highest BCUT2D eigenvalue weighted by molar-refractivity contribution is 7.14. The number of benzene rings is 1. The van der Waals surface area contributed by atoms with E-state index in [1.165, 1.54) is 27.8 Å². The van der Waals surface area contributed by atoms with Crippen LogP contribution in [0.3, 0.4) is 0 Å². The van der Waals surface area contributed by atoms with Crippen LogP contribution in [0.5, 0.6) is 5.75 Å². The normalized spacial score (nSPS) is 18.0. The van der Waals surface area contributed by atoms with Gasteiger partial charge in [-0.1, -0.05) is 6.92 Å². The number of carbonyl (C=O) groups excluding carboxylic acids is 3. The van der Waals surface area contributed by atoms with Gasteiger partial charge in [-0.3, -0.25) is 9.59 Å². The minimum atomic E-state index is -0.468. The van der Waals surface area contributed by atoms with Gasteiger partial charge in [0.05, 0.1) is 5.69 Å². The van der Waals surface area contributed by atoms with Crippen LogP contribution in [0, 0.1) is 5.92 Å². The number of thiophene rings is 1. The third-order valence-electron chi connectivity index (χ3n) is 4.80. The van der Waals surface area contributed by atoms with Crippen LogP contribution < -0.4 is 10.1 Å². The fourth-order valence-electron chi connectivity index (χ4n) is 3.35. The quantitative estimate of drug-likeness (QED) is 0.645. The van der Waals surface area contributed by atoms with Crippen LogP contribution in [0.1, 0.15) is 43.8 Å². The molecule has 6 nitrogen and oxygen atoms in total. The second-order valence-corrected chi connectivity index (χ2v) is 8.09. The molecule has 2 heterocycles. The van der Waals surface area contributed by atoms with Gasteiger partial charge in [-0.25, -0.2) is 4.79 Å². The van der Waals surface area contributed by atoms with E-state index in [0.717, 1.165) is 19.3 Å². The summed E-state index contributed by atoms with van der Waals surface area (Å²) in [6, 6.07) is 6.65. The molecule has 0 saturated carbocycles. The Bertz CT molecular complexity index is 932. The molecule has 1 atom stereocenters. The maximum Gasteiger partial charge on any atom is 0.348 e. The van der Waals surface area contributed by atoms with E-state index in [2.05, 4.69) is 12.2 Å². The Morgan fingerprint density at radius 1 is 1.33 bits per heavy atom. The molecule has 140 valence electrons. The number of anilines is 1. The largest absolute Gasteiger partial charge is 0.482 e. The predicted molar refractivity (Wildman–Crippen MR) is 101 cm³/mol. The number of aryl methyl sites for hydroxylation is 1. The molecule has 2 aromatic rings. The van der Waals surface area contributed by atoms with Crippen molar-refractivity contribution < 1.29 is 23.9 Å². The molecule has 4 rings (SSSR count). The fraction of sp³-hybridized carbons (Fsp3) is 0.350. The molecular weight excluding hydrogens is 366 g/mol. The Kier molecular flexibility index (Phi) is 4.70. The number of ketones is 1. The van der Waals surface area contributed by atoms with Crippen molar-refractivity contribution in [3.63, 3.8) is 0 Å². The Labute approximate surface area is 160 Å². The van der Waals surface area contributed by atoms with Crippen LogP contribution in [-0.2, 0) is 22.4 Å². The topological polar surface area (TPSA) is 81.7 Å².